The molecule has 0 spiro atoms. The Morgan fingerprint density at radius 1 is 1.56 bits per heavy atom. The molecule has 7 nitrogen and oxygen atoms in total. The first kappa shape index (κ1) is 14.4. The molecule has 0 aliphatic heterocycles. The molecule has 0 amide bonds. The fraction of sp³-hybridized carbons (Fsp3) is 0.400. The number of aromatic carboxylic acids is 1. The Labute approximate surface area is 105 Å². The highest BCUT2D eigenvalue weighted by molar-refractivity contribution is 7.92. The van der Waals surface area contributed by atoms with Crippen LogP contribution in [0, 0.1) is 0 Å². The maximum atomic E-state index is 11.7. The minimum Gasteiger partial charge on any atom is -0.476 e. The zero-order valence-corrected chi connectivity index (χ0v) is 10.6. The third-order valence-electron chi connectivity index (χ3n) is 2.04. The lowest BCUT2D eigenvalue weighted by Crippen LogP contribution is -2.20. The van der Waals surface area contributed by atoms with Crippen molar-refractivity contribution in [3.63, 3.8) is 0 Å². The van der Waals surface area contributed by atoms with Crippen molar-refractivity contribution in [3.05, 3.63) is 24.0 Å². The number of carbonyl (C=O) groups is 1. The van der Waals surface area contributed by atoms with Crippen LogP contribution in [0.3, 0.4) is 0 Å². The summed E-state index contributed by atoms with van der Waals surface area (Å²) in [5, 5.41) is 8.86. The van der Waals surface area contributed by atoms with Crippen LogP contribution >= 0.6 is 0 Å². The number of aromatic nitrogens is 1. The summed E-state index contributed by atoms with van der Waals surface area (Å²) in [5.41, 5.74) is -0.366. The molecule has 1 rings (SSSR count). The Balaban J connectivity index is 2.81. The zero-order valence-electron chi connectivity index (χ0n) is 9.79. The van der Waals surface area contributed by atoms with E-state index in [0.29, 0.717) is 13.0 Å². The summed E-state index contributed by atoms with van der Waals surface area (Å²) in [7, 11) is -2.12. The Kier molecular flexibility index (Phi) is 5.05. The lowest BCUT2D eigenvalue weighted by atomic mass is 10.3. The van der Waals surface area contributed by atoms with Gasteiger partial charge in [-0.05, 0) is 18.6 Å². The van der Waals surface area contributed by atoms with E-state index in [1.807, 2.05) is 0 Å². The van der Waals surface area contributed by atoms with Crippen LogP contribution in [0.5, 0.6) is 0 Å². The molecule has 0 saturated heterocycles. The van der Waals surface area contributed by atoms with Crippen molar-refractivity contribution in [3.8, 4) is 0 Å². The molecule has 0 saturated carbocycles. The first-order chi connectivity index (χ1) is 8.46. The fourth-order valence-electron chi connectivity index (χ4n) is 1.27. The average Bonchev–Trinajstić information content (AvgIpc) is 2.29. The summed E-state index contributed by atoms with van der Waals surface area (Å²) < 4.78 is 30.3. The van der Waals surface area contributed by atoms with Gasteiger partial charge in [0.1, 0.15) is 0 Å². The van der Waals surface area contributed by atoms with Gasteiger partial charge in [0, 0.05) is 19.9 Å². The number of hydrogen-bond acceptors (Lipinski definition) is 5. The number of ether oxygens (including phenoxy) is 1. The molecule has 2 N–H and O–H groups in total. The van der Waals surface area contributed by atoms with Crippen LogP contribution < -0.4 is 4.72 Å². The maximum absolute atomic E-state index is 11.7. The van der Waals surface area contributed by atoms with Gasteiger partial charge in [-0.3, -0.25) is 4.72 Å². The second-order valence-electron chi connectivity index (χ2n) is 3.47. The van der Waals surface area contributed by atoms with E-state index in [4.69, 9.17) is 9.84 Å². The quantitative estimate of drug-likeness (QED) is 0.704. The second-order valence-corrected chi connectivity index (χ2v) is 5.31. The molecule has 100 valence electrons. The van der Waals surface area contributed by atoms with Gasteiger partial charge in [0.2, 0.25) is 10.0 Å². The van der Waals surface area contributed by atoms with Crippen molar-refractivity contribution >= 4 is 21.7 Å². The van der Waals surface area contributed by atoms with Crippen molar-refractivity contribution in [2.24, 2.45) is 0 Å². The topological polar surface area (TPSA) is 106 Å². The van der Waals surface area contributed by atoms with Crippen LogP contribution in [0.25, 0.3) is 0 Å². The van der Waals surface area contributed by atoms with Crippen LogP contribution in [0.1, 0.15) is 16.9 Å². The van der Waals surface area contributed by atoms with E-state index in [9.17, 15) is 13.2 Å². The lowest BCUT2D eigenvalue weighted by molar-refractivity contribution is 0.0692. The molecule has 0 aliphatic rings. The van der Waals surface area contributed by atoms with Gasteiger partial charge in [-0.15, -0.1) is 0 Å². The summed E-state index contributed by atoms with van der Waals surface area (Å²) in [4.78, 5) is 14.5. The largest absolute Gasteiger partial charge is 0.476 e. The third kappa shape index (κ3) is 4.30. The number of anilines is 1. The first-order valence-corrected chi connectivity index (χ1v) is 6.79. The highest BCUT2D eigenvalue weighted by atomic mass is 32.2. The summed E-state index contributed by atoms with van der Waals surface area (Å²) in [5.74, 6) is -1.43. The van der Waals surface area contributed by atoms with Crippen molar-refractivity contribution in [2.75, 3.05) is 24.2 Å². The molecular weight excluding hydrogens is 260 g/mol. The van der Waals surface area contributed by atoms with E-state index in [1.54, 1.807) is 0 Å². The third-order valence-corrected chi connectivity index (χ3v) is 3.39. The molecule has 18 heavy (non-hydrogen) atoms. The molecule has 0 aliphatic carbocycles. The normalized spacial score (nSPS) is 11.2. The SMILES string of the molecule is COCCCS(=O)(=O)Nc1cccnc1C(=O)O. The van der Waals surface area contributed by atoms with Crippen LogP contribution in [0.15, 0.2) is 18.3 Å². The number of methoxy groups -OCH3 is 1. The van der Waals surface area contributed by atoms with Gasteiger partial charge < -0.3 is 9.84 Å². The standard InChI is InChI=1S/C10H14N2O5S/c1-17-6-3-7-18(15,16)12-8-4-2-5-11-9(8)10(13)14/h2,4-5,12H,3,6-7H2,1H3,(H,13,14). The summed E-state index contributed by atoms with van der Waals surface area (Å²) >= 11 is 0. The Bertz CT molecular complexity index is 515. The number of nitrogens with zero attached hydrogens (tertiary/aromatic N) is 1. The van der Waals surface area contributed by atoms with Gasteiger partial charge in [-0.2, -0.15) is 0 Å². The Morgan fingerprint density at radius 3 is 2.89 bits per heavy atom. The molecule has 1 heterocycles. The molecule has 0 atom stereocenters. The van der Waals surface area contributed by atoms with Crippen LogP contribution in [0.2, 0.25) is 0 Å². The fourth-order valence-corrected chi connectivity index (χ4v) is 2.37. The van der Waals surface area contributed by atoms with Crippen LogP contribution in [-0.4, -0.2) is 43.9 Å². The number of sulfonamides is 1. The number of rotatable bonds is 7. The number of hydrogen-bond donors (Lipinski definition) is 2. The highest BCUT2D eigenvalue weighted by Gasteiger charge is 2.16. The van der Waals surface area contributed by atoms with Gasteiger partial charge in [0.15, 0.2) is 5.69 Å². The van der Waals surface area contributed by atoms with Crippen LogP contribution in [-0.2, 0) is 14.8 Å². The van der Waals surface area contributed by atoms with E-state index < -0.39 is 16.0 Å². The molecule has 0 fully saturated rings. The highest BCUT2D eigenvalue weighted by Crippen LogP contribution is 2.14. The molecule has 0 bridgehead atoms. The van der Waals surface area contributed by atoms with Crippen molar-refractivity contribution < 1.29 is 23.1 Å². The maximum Gasteiger partial charge on any atom is 0.356 e. The Hall–Kier alpha value is -1.67. The average molecular weight is 274 g/mol. The van der Waals surface area contributed by atoms with E-state index in [1.165, 1.54) is 25.4 Å². The number of pyridine rings is 1. The molecule has 1 aromatic rings. The summed E-state index contributed by atoms with van der Waals surface area (Å²) in [6.45, 7) is 0.319. The first-order valence-electron chi connectivity index (χ1n) is 5.14. The molecule has 0 radical (unpaired) electrons. The van der Waals surface area contributed by atoms with Gasteiger partial charge in [-0.25, -0.2) is 18.2 Å². The summed E-state index contributed by atoms with van der Waals surface area (Å²) in [6.07, 6.45) is 1.61. The van der Waals surface area contributed by atoms with Gasteiger partial charge in [-0.1, -0.05) is 0 Å². The van der Waals surface area contributed by atoms with Gasteiger partial charge >= 0.3 is 5.97 Å². The molecular formula is C10H14N2O5S. The van der Waals surface area contributed by atoms with Crippen LogP contribution in [0.4, 0.5) is 5.69 Å². The smallest absolute Gasteiger partial charge is 0.356 e. The predicted octanol–water partition coefficient (Wildman–Crippen LogP) is 0.558. The van der Waals surface area contributed by atoms with Gasteiger partial charge in [0.25, 0.3) is 0 Å². The van der Waals surface area contributed by atoms with Gasteiger partial charge in [0.05, 0.1) is 11.4 Å². The predicted molar refractivity (Wildman–Crippen MR) is 65.1 cm³/mol. The van der Waals surface area contributed by atoms with Crippen molar-refractivity contribution in [1.29, 1.82) is 0 Å². The van der Waals surface area contributed by atoms with E-state index >= 15 is 0 Å². The van der Waals surface area contributed by atoms with Crippen molar-refractivity contribution in [1.82, 2.24) is 4.98 Å². The lowest BCUT2D eigenvalue weighted by Gasteiger charge is -2.09. The molecule has 0 aromatic carbocycles. The number of carboxylic acid groups (broad SMARTS) is 1. The second kappa shape index (κ2) is 6.31. The van der Waals surface area contributed by atoms with E-state index in [2.05, 4.69) is 9.71 Å². The monoisotopic (exact) mass is 274 g/mol. The van der Waals surface area contributed by atoms with E-state index in [-0.39, 0.29) is 17.1 Å². The van der Waals surface area contributed by atoms with Crippen molar-refractivity contribution in [2.45, 2.75) is 6.42 Å². The molecule has 8 heteroatoms. The minimum atomic E-state index is -3.60. The number of nitrogens with one attached hydrogen (secondary N) is 1. The minimum absolute atomic E-state index is 0.0394. The Morgan fingerprint density at radius 2 is 2.28 bits per heavy atom. The zero-order chi connectivity index (χ0) is 13.6. The molecule has 0 unspecified atom stereocenters. The molecule has 1 aromatic heterocycles. The number of carboxylic acids is 1. The summed E-state index contributed by atoms with van der Waals surface area (Å²) in [6, 6.07) is 2.81. The van der Waals surface area contributed by atoms with E-state index in [0.717, 1.165) is 0 Å².